The molecule has 0 atom stereocenters. The third-order valence-corrected chi connectivity index (χ3v) is 0.957. The first-order valence-corrected chi connectivity index (χ1v) is 3.12. The molecule has 4 nitrogen and oxygen atoms in total. The molecule has 0 aliphatic carbocycles. The average molecular weight is 152 g/mol. The SMILES string of the molecule is CC(=O)NN=Cc1ccco1. The zero-order chi connectivity index (χ0) is 8.10. The van der Waals surface area contributed by atoms with Gasteiger partial charge in [-0.25, -0.2) is 5.43 Å². The third kappa shape index (κ3) is 2.66. The van der Waals surface area contributed by atoms with Crippen molar-refractivity contribution in [2.45, 2.75) is 6.92 Å². The van der Waals surface area contributed by atoms with Crippen molar-refractivity contribution in [2.75, 3.05) is 0 Å². The maximum Gasteiger partial charge on any atom is 0.236 e. The second kappa shape index (κ2) is 3.55. The Balaban J connectivity index is 2.43. The second-order valence-electron chi connectivity index (χ2n) is 1.94. The minimum Gasteiger partial charge on any atom is -0.463 e. The molecule has 0 aromatic carbocycles. The van der Waals surface area contributed by atoms with Gasteiger partial charge in [-0.1, -0.05) is 0 Å². The van der Waals surface area contributed by atoms with E-state index in [4.69, 9.17) is 4.42 Å². The molecule has 0 saturated heterocycles. The van der Waals surface area contributed by atoms with Gasteiger partial charge in [-0.3, -0.25) is 4.79 Å². The van der Waals surface area contributed by atoms with Crippen LogP contribution < -0.4 is 5.43 Å². The number of rotatable bonds is 2. The van der Waals surface area contributed by atoms with Gasteiger partial charge in [0.1, 0.15) is 5.76 Å². The van der Waals surface area contributed by atoms with Crippen molar-refractivity contribution in [2.24, 2.45) is 5.10 Å². The van der Waals surface area contributed by atoms with E-state index in [0.717, 1.165) is 0 Å². The Bertz CT molecular complexity index is 251. The van der Waals surface area contributed by atoms with Crippen molar-refractivity contribution in [1.82, 2.24) is 5.43 Å². The number of hydrogen-bond acceptors (Lipinski definition) is 3. The van der Waals surface area contributed by atoms with Gasteiger partial charge in [0, 0.05) is 6.92 Å². The molecular formula is C7H8N2O2. The van der Waals surface area contributed by atoms with Crippen LogP contribution in [0, 0.1) is 0 Å². The van der Waals surface area contributed by atoms with E-state index in [9.17, 15) is 4.79 Å². The van der Waals surface area contributed by atoms with Crippen LogP contribution in [0.25, 0.3) is 0 Å². The summed E-state index contributed by atoms with van der Waals surface area (Å²) < 4.78 is 4.91. The molecule has 0 fully saturated rings. The molecule has 1 amide bonds. The zero-order valence-corrected chi connectivity index (χ0v) is 6.07. The normalized spacial score (nSPS) is 10.3. The maximum atomic E-state index is 10.3. The number of carbonyl (C=O) groups is 1. The highest BCUT2D eigenvalue weighted by atomic mass is 16.3. The van der Waals surface area contributed by atoms with Gasteiger partial charge in [0.2, 0.25) is 5.91 Å². The molecule has 1 aromatic heterocycles. The van der Waals surface area contributed by atoms with Crippen molar-refractivity contribution >= 4 is 12.1 Å². The number of amides is 1. The first-order valence-electron chi connectivity index (χ1n) is 3.12. The largest absolute Gasteiger partial charge is 0.463 e. The molecule has 4 heteroatoms. The molecule has 11 heavy (non-hydrogen) atoms. The van der Waals surface area contributed by atoms with Crippen molar-refractivity contribution in [3.63, 3.8) is 0 Å². The first kappa shape index (κ1) is 7.53. The lowest BCUT2D eigenvalue weighted by Crippen LogP contribution is -2.12. The van der Waals surface area contributed by atoms with E-state index in [0.29, 0.717) is 5.76 Å². The molecule has 1 N–H and O–H groups in total. The summed E-state index contributed by atoms with van der Waals surface area (Å²) >= 11 is 0. The minimum absolute atomic E-state index is 0.201. The fourth-order valence-corrected chi connectivity index (χ4v) is 0.552. The molecule has 0 unspecified atom stereocenters. The summed E-state index contributed by atoms with van der Waals surface area (Å²) in [6.07, 6.45) is 2.97. The van der Waals surface area contributed by atoms with Gasteiger partial charge in [-0.05, 0) is 12.1 Å². The predicted molar refractivity (Wildman–Crippen MR) is 40.1 cm³/mol. The Labute approximate surface area is 63.9 Å². The van der Waals surface area contributed by atoms with E-state index in [-0.39, 0.29) is 5.91 Å². The van der Waals surface area contributed by atoms with Crippen LogP contribution in [0.5, 0.6) is 0 Å². The van der Waals surface area contributed by atoms with Crippen molar-refractivity contribution in [3.05, 3.63) is 24.2 Å². The highest BCUT2D eigenvalue weighted by molar-refractivity contribution is 5.78. The Morgan fingerprint density at radius 1 is 1.82 bits per heavy atom. The van der Waals surface area contributed by atoms with Crippen LogP contribution in [0.4, 0.5) is 0 Å². The van der Waals surface area contributed by atoms with E-state index in [1.54, 1.807) is 12.1 Å². The van der Waals surface area contributed by atoms with Crippen LogP contribution in [0.3, 0.4) is 0 Å². The molecule has 0 aliphatic heterocycles. The van der Waals surface area contributed by atoms with Crippen LogP contribution in [-0.2, 0) is 4.79 Å². The van der Waals surface area contributed by atoms with Gasteiger partial charge in [-0.2, -0.15) is 5.10 Å². The molecule has 0 radical (unpaired) electrons. The van der Waals surface area contributed by atoms with Crippen LogP contribution in [-0.4, -0.2) is 12.1 Å². The number of hydrogen-bond donors (Lipinski definition) is 1. The van der Waals surface area contributed by atoms with Crippen molar-refractivity contribution in [3.8, 4) is 0 Å². The van der Waals surface area contributed by atoms with Crippen molar-refractivity contribution < 1.29 is 9.21 Å². The lowest BCUT2D eigenvalue weighted by molar-refractivity contribution is -0.118. The smallest absolute Gasteiger partial charge is 0.236 e. The third-order valence-electron chi connectivity index (χ3n) is 0.957. The van der Waals surface area contributed by atoms with E-state index < -0.39 is 0 Å². The number of nitrogens with zero attached hydrogens (tertiary/aromatic N) is 1. The molecule has 58 valence electrons. The van der Waals surface area contributed by atoms with Gasteiger partial charge in [-0.15, -0.1) is 0 Å². The lowest BCUT2D eigenvalue weighted by atomic mass is 10.5. The topological polar surface area (TPSA) is 54.6 Å². The highest BCUT2D eigenvalue weighted by Gasteiger charge is 1.87. The lowest BCUT2D eigenvalue weighted by Gasteiger charge is -1.87. The summed E-state index contributed by atoms with van der Waals surface area (Å²) in [4.78, 5) is 10.3. The summed E-state index contributed by atoms with van der Waals surface area (Å²) in [6.45, 7) is 1.39. The second-order valence-corrected chi connectivity index (χ2v) is 1.94. The molecule has 1 heterocycles. The van der Waals surface area contributed by atoms with Crippen LogP contribution >= 0.6 is 0 Å². The summed E-state index contributed by atoms with van der Waals surface area (Å²) in [6, 6.07) is 3.49. The van der Waals surface area contributed by atoms with Gasteiger partial charge in [0.15, 0.2) is 0 Å². The highest BCUT2D eigenvalue weighted by Crippen LogP contribution is 1.93. The molecule has 1 aromatic rings. The molecule has 0 aliphatic rings. The van der Waals surface area contributed by atoms with Gasteiger partial charge in [0.05, 0.1) is 12.5 Å². The van der Waals surface area contributed by atoms with E-state index in [1.165, 1.54) is 19.4 Å². The summed E-state index contributed by atoms with van der Waals surface area (Å²) in [5.41, 5.74) is 2.25. The maximum absolute atomic E-state index is 10.3. The summed E-state index contributed by atoms with van der Waals surface area (Å²) in [7, 11) is 0. The number of hydrazone groups is 1. The van der Waals surface area contributed by atoms with Gasteiger partial charge < -0.3 is 4.42 Å². The fraction of sp³-hybridized carbons (Fsp3) is 0.143. The zero-order valence-electron chi connectivity index (χ0n) is 6.07. The number of furan rings is 1. The van der Waals surface area contributed by atoms with Crippen molar-refractivity contribution in [1.29, 1.82) is 0 Å². The molecule has 1 rings (SSSR count). The molecule has 0 bridgehead atoms. The van der Waals surface area contributed by atoms with E-state index >= 15 is 0 Å². The Morgan fingerprint density at radius 2 is 2.64 bits per heavy atom. The van der Waals surface area contributed by atoms with E-state index in [2.05, 4.69) is 10.5 Å². The summed E-state index contributed by atoms with van der Waals surface area (Å²) in [5, 5.41) is 3.60. The van der Waals surface area contributed by atoms with Crippen LogP contribution in [0.1, 0.15) is 12.7 Å². The number of nitrogens with one attached hydrogen (secondary N) is 1. The average Bonchev–Trinajstić information content (AvgIpc) is 2.39. The van der Waals surface area contributed by atoms with E-state index in [1.807, 2.05) is 0 Å². The summed E-state index contributed by atoms with van der Waals surface area (Å²) in [5.74, 6) is 0.409. The Kier molecular flexibility index (Phi) is 2.43. The standard InChI is InChI=1S/C7H8N2O2/c1-6(10)9-8-5-7-3-2-4-11-7/h2-5H,1H3,(H,9,10). The molecule has 0 saturated carbocycles. The number of carbonyl (C=O) groups excluding carboxylic acids is 1. The minimum atomic E-state index is -0.201. The Hall–Kier alpha value is -1.58. The van der Waals surface area contributed by atoms with Gasteiger partial charge >= 0.3 is 0 Å². The molecular weight excluding hydrogens is 144 g/mol. The molecule has 0 spiro atoms. The van der Waals surface area contributed by atoms with Crippen LogP contribution in [0.2, 0.25) is 0 Å². The first-order chi connectivity index (χ1) is 5.29. The quantitative estimate of drug-likeness (QED) is 0.502. The van der Waals surface area contributed by atoms with Crippen LogP contribution in [0.15, 0.2) is 27.9 Å². The fourth-order valence-electron chi connectivity index (χ4n) is 0.552. The monoisotopic (exact) mass is 152 g/mol. The predicted octanol–water partition coefficient (Wildman–Crippen LogP) is 0.750. The Morgan fingerprint density at radius 3 is 3.18 bits per heavy atom. The van der Waals surface area contributed by atoms with Gasteiger partial charge in [0.25, 0.3) is 0 Å².